The van der Waals surface area contributed by atoms with Crippen LogP contribution >= 0.6 is 11.8 Å². The summed E-state index contributed by atoms with van der Waals surface area (Å²) >= 11 is 1.82. The van der Waals surface area contributed by atoms with Gasteiger partial charge in [-0.2, -0.15) is 22.0 Å². The average molecular weight is 302 g/mol. The molecule has 0 fully saturated rings. The highest BCUT2D eigenvalue weighted by molar-refractivity contribution is 7.98. The Morgan fingerprint density at radius 1 is 1.33 bits per heavy atom. The van der Waals surface area contributed by atoms with Gasteiger partial charge in [-0.1, -0.05) is 0 Å². The van der Waals surface area contributed by atoms with Crippen molar-refractivity contribution in [1.82, 2.24) is 24.0 Å². The molecule has 8 heteroatoms. The summed E-state index contributed by atoms with van der Waals surface area (Å²) in [6.07, 6.45) is 5.29. The minimum absolute atomic E-state index is 0.158. The number of carbonyl (C=O) groups is 1. The number of imidazole rings is 1. The van der Waals surface area contributed by atoms with E-state index in [4.69, 9.17) is 0 Å². The first-order valence-electron chi connectivity index (χ1n) is 6.57. The second-order valence-corrected chi connectivity index (χ2v) is 6.07. The molecule has 3 aromatic heterocycles. The van der Waals surface area contributed by atoms with Gasteiger partial charge >= 0.3 is 0 Å². The number of aryl methyl sites for hydroxylation is 2. The summed E-state index contributed by atoms with van der Waals surface area (Å²) in [4.78, 5) is 12.6. The van der Waals surface area contributed by atoms with E-state index in [9.17, 15) is 4.79 Å². The predicted molar refractivity (Wildman–Crippen MR) is 80.3 cm³/mol. The van der Waals surface area contributed by atoms with Crippen molar-refractivity contribution < 1.29 is 4.79 Å². The first kappa shape index (κ1) is 12.5. The smallest absolute Gasteiger partial charge is 0.262 e. The van der Waals surface area contributed by atoms with Crippen molar-refractivity contribution in [3.05, 3.63) is 35.4 Å². The van der Waals surface area contributed by atoms with Crippen molar-refractivity contribution in [2.24, 2.45) is 14.1 Å². The number of nitrogens with zero attached hydrogens (tertiary/aromatic N) is 5. The number of amides is 1. The van der Waals surface area contributed by atoms with E-state index in [2.05, 4.69) is 15.5 Å². The van der Waals surface area contributed by atoms with E-state index in [0.29, 0.717) is 5.56 Å². The summed E-state index contributed by atoms with van der Waals surface area (Å²) in [5.41, 5.74) is 3.53. The molecule has 0 aromatic carbocycles. The fraction of sp³-hybridized carbons (Fsp3) is 0.308. The summed E-state index contributed by atoms with van der Waals surface area (Å²) in [7, 11) is 3.75. The quantitative estimate of drug-likeness (QED) is 0.777. The lowest BCUT2D eigenvalue weighted by Crippen LogP contribution is -2.16. The number of hydrogen-bond donors (Lipinski definition) is 1. The molecule has 1 aliphatic rings. The second kappa shape index (κ2) is 4.39. The standard InChI is InChI=1S/C13H14N6OS/c1-17-3-4-19-13(17)8(5-14-19)12(20)15-11-9-6-21-7-10(9)16-18(11)2/h3-5H,6-7H2,1-2H3,(H,15,20). The molecule has 0 spiro atoms. The van der Waals surface area contributed by atoms with Crippen LogP contribution in [-0.2, 0) is 25.6 Å². The molecule has 108 valence electrons. The molecule has 4 rings (SSSR count). The summed E-state index contributed by atoms with van der Waals surface area (Å²) < 4.78 is 5.32. The lowest BCUT2D eigenvalue weighted by molar-refractivity contribution is 0.102. The minimum Gasteiger partial charge on any atom is -0.334 e. The van der Waals surface area contributed by atoms with E-state index in [-0.39, 0.29) is 5.91 Å². The number of rotatable bonds is 2. The van der Waals surface area contributed by atoms with Gasteiger partial charge in [0.2, 0.25) is 0 Å². The lowest BCUT2D eigenvalue weighted by Gasteiger charge is -2.06. The zero-order chi connectivity index (χ0) is 14.6. The molecule has 1 N–H and O–H groups in total. The van der Waals surface area contributed by atoms with Crippen LogP contribution in [-0.4, -0.2) is 29.9 Å². The van der Waals surface area contributed by atoms with Crippen LogP contribution in [0.3, 0.4) is 0 Å². The molecule has 4 heterocycles. The summed E-state index contributed by atoms with van der Waals surface area (Å²) in [6.45, 7) is 0. The van der Waals surface area contributed by atoms with Gasteiger partial charge in [0.15, 0.2) is 0 Å². The van der Waals surface area contributed by atoms with Gasteiger partial charge in [-0.25, -0.2) is 4.52 Å². The monoisotopic (exact) mass is 302 g/mol. The van der Waals surface area contributed by atoms with Gasteiger partial charge < -0.3 is 9.88 Å². The molecule has 0 atom stereocenters. The van der Waals surface area contributed by atoms with E-state index in [1.54, 1.807) is 15.4 Å². The summed E-state index contributed by atoms with van der Waals surface area (Å²) in [6, 6.07) is 0. The van der Waals surface area contributed by atoms with E-state index >= 15 is 0 Å². The number of nitrogens with one attached hydrogen (secondary N) is 1. The maximum absolute atomic E-state index is 12.6. The fourth-order valence-electron chi connectivity index (χ4n) is 2.68. The molecule has 3 aromatic rings. The minimum atomic E-state index is -0.158. The van der Waals surface area contributed by atoms with Crippen molar-refractivity contribution in [1.29, 1.82) is 0 Å². The molecule has 1 amide bonds. The Balaban J connectivity index is 1.72. The van der Waals surface area contributed by atoms with E-state index in [1.807, 2.05) is 42.8 Å². The number of hydrogen-bond acceptors (Lipinski definition) is 4. The van der Waals surface area contributed by atoms with Crippen molar-refractivity contribution >= 4 is 29.1 Å². The highest BCUT2D eigenvalue weighted by atomic mass is 32.2. The van der Waals surface area contributed by atoms with Crippen molar-refractivity contribution in [2.45, 2.75) is 11.5 Å². The van der Waals surface area contributed by atoms with E-state index < -0.39 is 0 Å². The Kier molecular flexibility index (Phi) is 2.61. The molecule has 0 aliphatic carbocycles. The molecule has 7 nitrogen and oxygen atoms in total. The van der Waals surface area contributed by atoms with Crippen LogP contribution in [0.15, 0.2) is 18.6 Å². The van der Waals surface area contributed by atoms with Crippen molar-refractivity contribution in [3.63, 3.8) is 0 Å². The molecular formula is C13H14N6OS. The van der Waals surface area contributed by atoms with Crippen LogP contribution < -0.4 is 5.32 Å². The molecule has 1 aliphatic heterocycles. The Bertz CT molecular complexity index is 858. The van der Waals surface area contributed by atoms with Crippen LogP contribution in [0.25, 0.3) is 5.65 Å². The van der Waals surface area contributed by atoms with Gasteiger partial charge in [0.05, 0.1) is 11.9 Å². The third kappa shape index (κ3) is 1.79. The highest BCUT2D eigenvalue weighted by Crippen LogP contribution is 2.34. The Morgan fingerprint density at radius 3 is 3.05 bits per heavy atom. The zero-order valence-electron chi connectivity index (χ0n) is 11.7. The topological polar surface area (TPSA) is 69.2 Å². The third-order valence-corrected chi connectivity index (χ3v) is 4.70. The van der Waals surface area contributed by atoms with Gasteiger partial charge in [-0.3, -0.25) is 9.48 Å². The molecule has 0 bridgehead atoms. The Morgan fingerprint density at radius 2 is 2.19 bits per heavy atom. The number of thioether (sulfide) groups is 1. The average Bonchev–Trinajstić information content (AvgIpc) is 3.16. The van der Waals surface area contributed by atoms with Crippen LogP contribution in [0.4, 0.5) is 5.82 Å². The highest BCUT2D eigenvalue weighted by Gasteiger charge is 2.24. The Hall–Kier alpha value is -2.22. The molecule has 0 saturated carbocycles. The van der Waals surface area contributed by atoms with E-state index in [1.165, 1.54) is 0 Å². The normalized spacial score (nSPS) is 13.8. The van der Waals surface area contributed by atoms with Gasteiger partial charge in [0.25, 0.3) is 5.91 Å². The van der Waals surface area contributed by atoms with Gasteiger partial charge in [-0.15, -0.1) is 0 Å². The van der Waals surface area contributed by atoms with Crippen LogP contribution in [0.5, 0.6) is 0 Å². The van der Waals surface area contributed by atoms with Gasteiger partial charge in [0.1, 0.15) is 17.0 Å². The van der Waals surface area contributed by atoms with Crippen molar-refractivity contribution in [2.75, 3.05) is 5.32 Å². The van der Waals surface area contributed by atoms with Crippen LogP contribution in [0.1, 0.15) is 21.6 Å². The zero-order valence-corrected chi connectivity index (χ0v) is 12.5. The second-order valence-electron chi connectivity index (χ2n) is 5.08. The number of aromatic nitrogens is 5. The third-order valence-electron chi connectivity index (χ3n) is 3.72. The van der Waals surface area contributed by atoms with Gasteiger partial charge in [0, 0.05) is 43.6 Å². The Labute approximate surface area is 124 Å². The lowest BCUT2D eigenvalue weighted by atomic mass is 10.2. The number of carbonyl (C=O) groups excluding carboxylic acids is 1. The first-order valence-corrected chi connectivity index (χ1v) is 7.73. The van der Waals surface area contributed by atoms with Crippen molar-refractivity contribution in [3.8, 4) is 0 Å². The molecule has 0 unspecified atom stereocenters. The predicted octanol–water partition coefficient (Wildman–Crippen LogP) is 1.41. The number of anilines is 1. The maximum Gasteiger partial charge on any atom is 0.262 e. The number of fused-ring (bicyclic) bond motifs is 2. The first-order chi connectivity index (χ1) is 10.1. The molecule has 21 heavy (non-hydrogen) atoms. The molecule has 0 saturated heterocycles. The summed E-state index contributed by atoms with van der Waals surface area (Å²) in [5.74, 6) is 2.43. The SMILES string of the molecule is Cn1nc2c(c1NC(=O)c1cnn3ccn(C)c13)CSC2. The fourth-order valence-corrected chi connectivity index (χ4v) is 3.72. The maximum atomic E-state index is 12.6. The largest absolute Gasteiger partial charge is 0.334 e. The van der Waals surface area contributed by atoms with Crippen LogP contribution in [0.2, 0.25) is 0 Å². The molecular weight excluding hydrogens is 288 g/mol. The van der Waals surface area contributed by atoms with Gasteiger partial charge in [-0.05, 0) is 0 Å². The summed E-state index contributed by atoms with van der Waals surface area (Å²) in [5, 5.41) is 11.6. The van der Waals surface area contributed by atoms with Crippen LogP contribution in [0, 0.1) is 0 Å². The van der Waals surface area contributed by atoms with E-state index in [0.717, 1.165) is 34.2 Å². The molecule has 0 radical (unpaired) electrons.